The molecule has 0 spiro atoms. The molecular weight excluding hydrogens is 400 g/mol. The van der Waals surface area contributed by atoms with Gasteiger partial charge >= 0.3 is 0 Å². The lowest BCUT2D eigenvalue weighted by atomic mass is 10.0. The number of benzene rings is 3. The van der Waals surface area contributed by atoms with Crippen LogP contribution in [0.25, 0.3) is 10.8 Å². The van der Waals surface area contributed by atoms with Gasteiger partial charge in [0, 0.05) is 50.0 Å². The lowest BCUT2D eigenvalue weighted by Crippen LogP contribution is -2.25. The Morgan fingerprint density at radius 1 is 0.875 bits per heavy atom. The molecule has 0 aliphatic heterocycles. The molecule has 0 bridgehead atoms. The van der Waals surface area contributed by atoms with Crippen LogP contribution in [0, 0.1) is 0 Å². The number of pyridine rings is 1. The minimum absolute atomic E-state index is 0.221. The van der Waals surface area contributed by atoms with Crippen molar-refractivity contribution in [3.8, 4) is 0 Å². The molecular formula is C26H24N4O2. The Morgan fingerprint density at radius 3 is 2.47 bits per heavy atom. The van der Waals surface area contributed by atoms with E-state index in [0.717, 1.165) is 22.0 Å². The number of hydrogen-bond donors (Lipinski definition) is 2. The number of nitrogens with one attached hydrogen (secondary N) is 2. The van der Waals surface area contributed by atoms with E-state index >= 15 is 0 Å². The summed E-state index contributed by atoms with van der Waals surface area (Å²) in [5.41, 5.74) is 3.29. The standard InChI is InChI=1S/C26H24N4O2/c1-30(2)24-13-12-20(15-23(24)25(31)28-17-18-7-6-14-27-16-18)29-26(32)22-11-5-9-19-8-3-4-10-21(19)22/h3-16H,17H2,1-2H3,(H,28,31)(H,29,32). The Balaban J connectivity index is 1.58. The Morgan fingerprint density at radius 2 is 1.69 bits per heavy atom. The van der Waals surface area contributed by atoms with Gasteiger partial charge in [0.15, 0.2) is 0 Å². The highest BCUT2D eigenvalue weighted by Crippen LogP contribution is 2.25. The SMILES string of the molecule is CN(C)c1ccc(NC(=O)c2cccc3ccccc23)cc1C(=O)NCc1cccnc1. The number of rotatable bonds is 6. The molecule has 0 radical (unpaired) electrons. The van der Waals surface area contributed by atoms with Gasteiger partial charge in [-0.25, -0.2) is 0 Å². The normalized spacial score (nSPS) is 10.6. The van der Waals surface area contributed by atoms with E-state index in [-0.39, 0.29) is 11.8 Å². The van der Waals surface area contributed by atoms with Gasteiger partial charge in [-0.15, -0.1) is 0 Å². The first-order chi connectivity index (χ1) is 15.5. The highest BCUT2D eigenvalue weighted by molar-refractivity contribution is 6.13. The number of amides is 2. The Kier molecular flexibility index (Phi) is 6.12. The Hall–Kier alpha value is -4.19. The minimum atomic E-state index is -0.223. The Labute approximate surface area is 186 Å². The quantitative estimate of drug-likeness (QED) is 0.479. The monoisotopic (exact) mass is 424 g/mol. The van der Waals surface area contributed by atoms with E-state index in [1.807, 2.05) is 73.6 Å². The predicted octanol–water partition coefficient (Wildman–Crippen LogP) is 4.48. The molecule has 0 aliphatic carbocycles. The van der Waals surface area contributed by atoms with E-state index in [9.17, 15) is 9.59 Å². The molecule has 4 aromatic rings. The lowest BCUT2D eigenvalue weighted by molar-refractivity contribution is 0.0950. The maximum Gasteiger partial charge on any atom is 0.256 e. The van der Waals surface area contributed by atoms with Crippen molar-refractivity contribution in [3.63, 3.8) is 0 Å². The molecule has 3 aromatic carbocycles. The third kappa shape index (κ3) is 4.59. The fourth-order valence-electron chi connectivity index (χ4n) is 3.59. The van der Waals surface area contributed by atoms with E-state index in [1.54, 1.807) is 30.6 Å². The van der Waals surface area contributed by atoms with Gasteiger partial charge in [0.25, 0.3) is 11.8 Å². The largest absolute Gasteiger partial charge is 0.377 e. The zero-order valence-corrected chi connectivity index (χ0v) is 18.0. The summed E-state index contributed by atoms with van der Waals surface area (Å²) in [7, 11) is 3.75. The van der Waals surface area contributed by atoms with Gasteiger partial charge in [0.05, 0.1) is 5.56 Å². The van der Waals surface area contributed by atoms with Gasteiger partial charge in [-0.2, -0.15) is 0 Å². The molecule has 0 fully saturated rings. The van der Waals surface area contributed by atoms with E-state index in [2.05, 4.69) is 15.6 Å². The first kappa shape index (κ1) is 21.1. The van der Waals surface area contributed by atoms with Gasteiger partial charge in [0.1, 0.15) is 0 Å². The van der Waals surface area contributed by atoms with Crippen LogP contribution in [0.2, 0.25) is 0 Å². The number of fused-ring (bicyclic) bond motifs is 1. The smallest absolute Gasteiger partial charge is 0.256 e. The van der Waals surface area contributed by atoms with Gasteiger partial charge in [0.2, 0.25) is 0 Å². The van der Waals surface area contributed by atoms with Crippen LogP contribution in [0.5, 0.6) is 0 Å². The van der Waals surface area contributed by atoms with Crippen LogP contribution in [-0.2, 0) is 6.54 Å². The number of hydrogen-bond acceptors (Lipinski definition) is 4. The second kappa shape index (κ2) is 9.31. The molecule has 2 N–H and O–H groups in total. The van der Waals surface area contributed by atoms with Gasteiger partial charge in [-0.1, -0.05) is 42.5 Å². The molecule has 0 atom stereocenters. The number of anilines is 2. The number of carbonyl (C=O) groups excluding carboxylic acids is 2. The maximum absolute atomic E-state index is 13.0. The molecule has 4 rings (SSSR count). The summed E-state index contributed by atoms with van der Waals surface area (Å²) in [5.74, 6) is -0.445. The minimum Gasteiger partial charge on any atom is -0.377 e. The van der Waals surface area contributed by atoms with Crippen LogP contribution in [0.1, 0.15) is 26.3 Å². The van der Waals surface area contributed by atoms with Gasteiger partial charge < -0.3 is 15.5 Å². The summed E-state index contributed by atoms with van der Waals surface area (Å²) < 4.78 is 0. The van der Waals surface area contributed by atoms with Crippen molar-refractivity contribution in [2.45, 2.75) is 6.54 Å². The van der Waals surface area contributed by atoms with Crippen molar-refractivity contribution < 1.29 is 9.59 Å². The Bertz CT molecular complexity index is 1260. The molecule has 160 valence electrons. The first-order valence-electron chi connectivity index (χ1n) is 10.3. The summed E-state index contributed by atoms with van der Waals surface area (Å²) in [6.07, 6.45) is 3.41. The molecule has 0 saturated heterocycles. The number of aromatic nitrogens is 1. The van der Waals surface area contributed by atoms with Crippen LogP contribution < -0.4 is 15.5 Å². The predicted molar refractivity (Wildman–Crippen MR) is 128 cm³/mol. The van der Waals surface area contributed by atoms with Crippen LogP contribution in [0.4, 0.5) is 11.4 Å². The van der Waals surface area contributed by atoms with Crippen molar-refractivity contribution in [2.75, 3.05) is 24.3 Å². The van der Waals surface area contributed by atoms with E-state index in [4.69, 9.17) is 0 Å². The summed E-state index contributed by atoms with van der Waals surface area (Å²) in [6.45, 7) is 0.367. The van der Waals surface area contributed by atoms with E-state index in [0.29, 0.717) is 23.4 Å². The van der Waals surface area contributed by atoms with Crippen LogP contribution in [-0.4, -0.2) is 30.9 Å². The fraction of sp³-hybridized carbons (Fsp3) is 0.115. The van der Waals surface area contributed by atoms with E-state index in [1.165, 1.54) is 0 Å². The number of nitrogens with zero attached hydrogens (tertiary/aromatic N) is 2. The second-order valence-corrected chi connectivity index (χ2v) is 7.65. The zero-order chi connectivity index (χ0) is 22.5. The van der Waals surface area contributed by atoms with Crippen LogP contribution in [0.3, 0.4) is 0 Å². The summed E-state index contributed by atoms with van der Waals surface area (Å²) >= 11 is 0. The van der Waals surface area contributed by atoms with Gasteiger partial charge in [-0.05, 0) is 46.7 Å². The summed E-state index contributed by atoms with van der Waals surface area (Å²) in [6, 6.07) is 22.5. The fourth-order valence-corrected chi connectivity index (χ4v) is 3.59. The van der Waals surface area contributed by atoms with Crippen LogP contribution >= 0.6 is 0 Å². The van der Waals surface area contributed by atoms with Crippen molar-refractivity contribution in [1.29, 1.82) is 0 Å². The molecule has 6 heteroatoms. The third-order valence-corrected chi connectivity index (χ3v) is 5.19. The molecule has 0 unspecified atom stereocenters. The van der Waals surface area contributed by atoms with Gasteiger partial charge in [-0.3, -0.25) is 14.6 Å². The van der Waals surface area contributed by atoms with Crippen LogP contribution in [0.15, 0.2) is 85.2 Å². The summed E-state index contributed by atoms with van der Waals surface area (Å²) in [5, 5.41) is 7.75. The van der Waals surface area contributed by atoms with Crippen molar-refractivity contribution >= 4 is 34.0 Å². The molecule has 2 amide bonds. The molecule has 6 nitrogen and oxygen atoms in total. The van der Waals surface area contributed by atoms with Crippen molar-refractivity contribution in [2.24, 2.45) is 0 Å². The molecule has 0 aliphatic rings. The average Bonchev–Trinajstić information content (AvgIpc) is 2.82. The topological polar surface area (TPSA) is 74.3 Å². The van der Waals surface area contributed by atoms with Crippen molar-refractivity contribution in [3.05, 3.63) is 102 Å². The van der Waals surface area contributed by atoms with E-state index < -0.39 is 0 Å². The molecule has 1 heterocycles. The lowest BCUT2D eigenvalue weighted by Gasteiger charge is -2.19. The third-order valence-electron chi connectivity index (χ3n) is 5.19. The second-order valence-electron chi connectivity index (χ2n) is 7.65. The molecule has 1 aromatic heterocycles. The van der Waals surface area contributed by atoms with Crippen molar-refractivity contribution in [1.82, 2.24) is 10.3 Å². The highest BCUT2D eigenvalue weighted by atomic mass is 16.2. The molecule has 0 saturated carbocycles. The maximum atomic E-state index is 13.0. The number of carbonyl (C=O) groups is 2. The zero-order valence-electron chi connectivity index (χ0n) is 18.0. The first-order valence-corrected chi connectivity index (χ1v) is 10.3. The molecule has 32 heavy (non-hydrogen) atoms. The highest BCUT2D eigenvalue weighted by Gasteiger charge is 2.16. The average molecular weight is 425 g/mol. The summed E-state index contributed by atoms with van der Waals surface area (Å²) in [4.78, 5) is 31.9.